The van der Waals surface area contributed by atoms with Crippen LogP contribution in [0.3, 0.4) is 0 Å². The normalized spacial score (nSPS) is 20.2. The molecule has 1 aliphatic rings. The number of benzene rings is 1. The average Bonchev–Trinajstić information content (AvgIpc) is 2.77. The van der Waals surface area contributed by atoms with Gasteiger partial charge in [-0.25, -0.2) is 0 Å². The molecule has 0 bridgehead atoms. The molecular formula is C15H21NO2. The maximum Gasteiger partial charge on any atom is 0.304 e. The van der Waals surface area contributed by atoms with E-state index in [0.29, 0.717) is 12.6 Å². The van der Waals surface area contributed by atoms with Crippen LogP contribution in [0.2, 0.25) is 0 Å². The highest BCUT2D eigenvalue weighted by molar-refractivity contribution is 5.66. The van der Waals surface area contributed by atoms with Crippen molar-refractivity contribution in [1.82, 2.24) is 4.90 Å². The smallest absolute Gasteiger partial charge is 0.304 e. The van der Waals surface area contributed by atoms with Gasteiger partial charge in [-0.2, -0.15) is 0 Å². The molecule has 1 heterocycles. The Balaban J connectivity index is 1.91. The molecule has 3 nitrogen and oxygen atoms in total. The number of likely N-dealkylation sites (tertiary alicyclic amines) is 1. The van der Waals surface area contributed by atoms with Gasteiger partial charge >= 0.3 is 5.97 Å². The summed E-state index contributed by atoms with van der Waals surface area (Å²) in [7, 11) is 0. The molecule has 0 aliphatic carbocycles. The van der Waals surface area contributed by atoms with Gasteiger partial charge in [0.25, 0.3) is 0 Å². The minimum absolute atomic E-state index is 0.254. The molecule has 0 spiro atoms. The van der Waals surface area contributed by atoms with Crippen LogP contribution >= 0.6 is 0 Å². The second-order valence-corrected chi connectivity index (χ2v) is 5.17. The number of carboxylic acids is 1. The average molecular weight is 247 g/mol. The lowest BCUT2D eigenvalue weighted by Crippen LogP contribution is -2.33. The summed E-state index contributed by atoms with van der Waals surface area (Å²) in [5.41, 5.74) is 2.64. The predicted octanol–water partition coefficient (Wildman–Crippen LogP) is 2.48. The highest BCUT2D eigenvalue weighted by Gasteiger charge is 2.24. The van der Waals surface area contributed by atoms with E-state index in [1.54, 1.807) is 0 Å². The van der Waals surface area contributed by atoms with Crippen molar-refractivity contribution in [3.05, 3.63) is 35.4 Å². The number of aryl methyl sites for hydroxylation is 1. The van der Waals surface area contributed by atoms with Gasteiger partial charge < -0.3 is 5.11 Å². The molecule has 1 aromatic rings. The first-order chi connectivity index (χ1) is 8.65. The Labute approximate surface area is 108 Å². The summed E-state index contributed by atoms with van der Waals surface area (Å²) in [5, 5.41) is 8.75. The number of rotatable bonds is 5. The van der Waals surface area contributed by atoms with Crippen molar-refractivity contribution in [1.29, 1.82) is 0 Å². The molecule has 1 N–H and O–H groups in total. The van der Waals surface area contributed by atoms with Crippen LogP contribution in [0, 0.1) is 6.92 Å². The van der Waals surface area contributed by atoms with Gasteiger partial charge in [-0.1, -0.05) is 29.8 Å². The van der Waals surface area contributed by atoms with Crippen LogP contribution < -0.4 is 0 Å². The number of aliphatic carboxylic acids is 1. The highest BCUT2D eigenvalue weighted by Crippen LogP contribution is 2.21. The molecule has 0 aromatic heterocycles. The van der Waals surface area contributed by atoms with Crippen LogP contribution in [0.15, 0.2) is 24.3 Å². The van der Waals surface area contributed by atoms with Crippen molar-refractivity contribution in [3.63, 3.8) is 0 Å². The molecule has 0 unspecified atom stereocenters. The standard InChI is InChI=1S/C15H21NO2/c1-12-4-6-13(7-5-12)11-14-3-2-9-16(14)10-8-15(17)18/h4-7,14H,2-3,8-11H2,1H3,(H,17,18)/t14-/m1/s1. The SMILES string of the molecule is Cc1ccc(C[C@H]2CCCN2CCC(=O)O)cc1. The van der Waals surface area contributed by atoms with E-state index in [1.807, 2.05) is 0 Å². The van der Waals surface area contributed by atoms with E-state index in [2.05, 4.69) is 36.1 Å². The van der Waals surface area contributed by atoms with E-state index in [0.717, 1.165) is 13.0 Å². The summed E-state index contributed by atoms with van der Waals surface area (Å²) >= 11 is 0. The summed E-state index contributed by atoms with van der Waals surface area (Å²) in [5.74, 6) is -0.698. The number of carbonyl (C=O) groups is 1. The van der Waals surface area contributed by atoms with Gasteiger partial charge in [0.05, 0.1) is 6.42 Å². The Morgan fingerprint density at radius 1 is 1.39 bits per heavy atom. The molecule has 2 rings (SSSR count). The lowest BCUT2D eigenvalue weighted by molar-refractivity contribution is -0.137. The predicted molar refractivity (Wildman–Crippen MR) is 71.7 cm³/mol. The fourth-order valence-electron chi connectivity index (χ4n) is 2.66. The molecule has 0 amide bonds. The van der Waals surface area contributed by atoms with E-state index < -0.39 is 5.97 Å². The molecule has 1 fully saturated rings. The molecule has 1 atom stereocenters. The van der Waals surface area contributed by atoms with E-state index >= 15 is 0 Å². The van der Waals surface area contributed by atoms with E-state index in [-0.39, 0.29) is 6.42 Å². The molecular weight excluding hydrogens is 226 g/mol. The maximum atomic E-state index is 10.6. The second-order valence-electron chi connectivity index (χ2n) is 5.17. The number of hydrogen-bond donors (Lipinski definition) is 1. The zero-order chi connectivity index (χ0) is 13.0. The minimum Gasteiger partial charge on any atom is -0.481 e. The molecule has 18 heavy (non-hydrogen) atoms. The van der Waals surface area contributed by atoms with Crippen molar-refractivity contribution < 1.29 is 9.90 Å². The van der Waals surface area contributed by atoms with E-state index in [1.165, 1.54) is 24.0 Å². The summed E-state index contributed by atoms with van der Waals surface area (Å²) in [6.45, 7) is 3.83. The van der Waals surface area contributed by atoms with Crippen molar-refractivity contribution >= 4 is 5.97 Å². The van der Waals surface area contributed by atoms with Crippen molar-refractivity contribution in [2.75, 3.05) is 13.1 Å². The fourth-order valence-corrected chi connectivity index (χ4v) is 2.66. The Morgan fingerprint density at radius 3 is 2.78 bits per heavy atom. The quantitative estimate of drug-likeness (QED) is 0.869. The van der Waals surface area contributed by atoms with Gasteiger partial charge in [0.2, 0.25) is 0 Å². The third-order valence-electron chi connectivity index (χ3n) is 3.70. The molecule has 1 saturated heterocycles. The lowest BCUT2D eigenvalue weighted by Gasteiger charge is -2.23. The Hall–Kier alpha value is -1.35. The third kappa shape index (κ3) is 3.57. The Bertz CT molecular complexity index is 399. The molecule has 0 radical (unpaired) electrons. The first kappa shape index (κ1) is 13.1. The minimum atomic E-state index is -0.698. The van der Waals surface area contributed by atoms with Gasteiger partial charge in [-0.3, -0.25) is 9.69 Å². The van der Waals surface area contributed by atoms with Crippen molar-refractivity contribution in [2.24, 2.45) is 0 Å². The number of hydrogen-bond acceptors (Lipinski definition) is 2. The van der Waals surface area contributed by atoms with Crippen LogP contribution in [0.4, 0.5) is 0 Å². The van der Waals surface area contributed by atoms with Crippen molar-refractivity contribution in [3.8, 4) is 0 Å². The topological polar surface area (TPSA) is 40.5 Å². The molecule has 98 valence electrons. The lowest BCUT2D eigenvalue weighted by atomic mass is 10.0. The van der Waals surface area contributed by atoms with Crippen LogP contribution in [0.5, 0.6) is 0 Å². The third-order valence-corrected chi connectivity index (χ3v) is 3.70. The summed E-state index contributed by atoms with van der Waals surface area (Å²) in [6, 6.07) is 9.18. The summed E-state index contributed by atoms with van der Waals surface area (Å²) in [6.07, 6.45) is 3.67. The second kappa shape index (κ2) is 6.01. The van der Waals surface area contributed by atoms with Gasteiger partial charge in [-0.05, 0) is 38.3 Å². The molecule has 3 heteroatoms. The van der Waals surface area contributed by atoms with Crippen LogP contribution in [0.25, 0.3) is 0 Å². The van der Waals surface area contributed by atoms with Crippen LogP contribution in [-0.4, -0.2) is 35.1 Å². The summed E-state index contributed by atoms with van der Waals surface area (Å²) in [4.78, 5) is 13.0. The fraction of sp³-hybridized carbons (Fsp3) is 0.533. The zero-order valence-electron chi connectivity index (χ0n) is 10.9. The van der Waals surface area contributed by atoms with E-state index in [9.17, 15) is 4.79 Å². The Morgan fingerprint density at radius 2 is 2.11 bits per heavy atom. The van der Waals surface area contributed by atoms with Gasteiger partial charge in [0.15, 0.2) is 0 Å². The van der Waals surface area contributed by atoms with Gasteiger partial charge in [0.1, 0.15) is 0 Å². The van der Waals surface area contributed by atoms with Crippen LogP contribution in [0.1, 0.15) is 30.4 Å². The first-order valence-corrected chi connectivity index (χ1v) is 6.66. The largest absolute Gasteiger partial charge is 0.481 e. The molecule has 1 aromatic carbocycles. The molecule has 1 aliphatic heterocycles. The highest BCUT2D eigenvalue weighted by atomic mass is 16.4. The maximum absolute atomic E-state index is 10.6. The number of nitrogens with zero attached hydrogens (tertiary/aromatic N) is 1. The molecule has 0 saturated carbocycles. The number of carboxylic acid groups (broad SMARTS) is 1. The first-order valence-electron chi connectivity index (χ1n) is 6.66. The van der Waals surface area contributed by atoms with Crippen molar-refractivity contribution in [2.45, 2.75) is 38.6 Å². The van der Waals surface area contributed by atoms with Crippen LogP contribution in [-0.2, 0) is 11.2 Å². The van der Waals surface area contributed by atoms with E-state index in [4.69, 9.17) is 5.11 Å². The van der Waals surface area contributed by atoms with Gasteiger partial charge in [-0.15, -0.1) is 0 Å². The Kier molecular flexibility index (Phi) is 4.37. The van der Waals surface area contributed by atoms with Gasteiger partial charge in [0, 0.05) is 12.6 Å². The summed E-state index contributed by atoms with van der Waals surface area (Å²) < 4.78 is 0. The zero-order valence-corrected chi connectivity index (χ0v) is 10.9. The monoisotopic (exact) mass is 247 g/mol.